The number of benzene rings is 1. The van der Waals surface area contributed by atoms with Crippen LogP contribution in [-0.4, -0.2) is 43.2 Å². The maximum Gasteiger partial charge on any atom is 0.233 e. The highest BCUT2D eigenvalue weighted by Gasteiger charge is 2.17. The third-order valence-corrected chi connectivity index (χ3v) is 4.24. The Kier molecular flexibility index (Phi) is 7.28. The Morgan fingerprint density at radius 3 is 2.53 bits per heavy atom. The van der Waals surface area contributed by atoms with Gasteiger partial charge in [0, 0.05) is 23.0 Å². The summed E-state index contributed by atoms with van der Waals surface area (Å²) in [6.07, 6.45) is 0.807. The monoisotopic (exact) mass is 300 g/mol. The predicted octanol–water partition coefficient (Wildman–Crippen LogP) is 2.89. The lowest BCUT2D eigenvalue weighted by atomic mass is 10.3. The molecule has 0 aliphatic heterocycles. The number of thioether (sulfide) groups is 1. The maximum atomic E-state index is 12.1. The molecule has 0 unspecified atom stereocenters. The molecule has 1 amide bonds. The predicted molar refractivity (Wildman–Crippen MR) is 83.0 cm³/mol. The van der Waals surface area contributed by atoms with Crippen molar-refractivity contribution in [3.63, 3.8) is 0 Å². The van der Waals surface area contributed by atoms with E-state index in [1.165, 1.54) is 0 Å². The van der Waals surface area contributed by atoms with Crippen molar-refractivity contribution in [3.8, 4) is 0 Å². The molecule has 0 spiro atoms. The highest BCUT2D eigenvalue weighted by atomic mass is 35.5. The van der Waals surface area contributed by atoms with Crippen molar-refractivity contribution in [2.24, 2.45) is 0 Å². The Bertz CT molecular complexity index is 395. The first-order valence-corrected chi connectivity index (χ1v) is 7.63. The van der Waals surface area contributed by atoms with Gasteiger partial charge >= 0.3 is 0 Å². The first kappa shape index (κ1) is 16.3. The van der Waals surface area contributed by atoms with Crippen LogP contribution < -0.4 is 5.32 Å². The van der Waals surface area contributed by atoms with Crippen LogP contribution in [0.2, 0.25) is 5.02 Å². The van der Waals surface area contributed by atoms with E-state index >= 15 is 0 Å². The van der Waals surface area contributed by atoms with Crippen molar-refractivity contribution in [1.29, 1.82) is 0 Å². The minimum absolute atomic E-state index is 0.0525. The molecule has 0 bridgehead atoms. The molecular weight excluding hydrogens is 280 g/mol. The normalized spacial score (nSPS) is 12.5. The van der Waals surface area contributed by atoms with Crippen molar-refractivity contribution >= 4 is 29.3 Å². The Morgan fingerprint density at radius 1 is 1.37 bits per heavy atom. The highest BCUT2D eigenvalue weighted by Crippen LogP contribution is 2.26. The molecule has 1 aromatic carbocycles. The van der Waals surface area contributed by atoms with E-state index in [0.29, 0.717) is 11.6 Å². The van der Waals surface area contributed by atoms with Gasteiger partial charge in [-0.25, -0.2) is 0 Å². The average molecular weight is 301 g/mol. The van der Waals surface area contributed by atoms with Crippen LogP contribution in [0.1, 0.15) is 13.3 Å². The van der Waals surface area contributed by atoms with E-state index in [1.807, 2.05) is 50.2 Å². The molecule has 1 atom stereocenters. The number of carbonyl (C=O) groups is 1. The van der Waals surface area contributed by atoms with Crippen LogP contribution in [-0.2, 0) is 4.79 Å². The van der Waals surface area contributed by atoms with Crippen molar-refractivity contribution in [3.05, 3.63) is 29.3 Å². The number of halogens is 1. The van der Waals surface area contributed by atoms with Crippen molar-refractivity contribution in [2.45, 2.75) is 23.5 Å². The molecule has 0 aliphatic rings. The van der Waals surface area contributed by atoms with E-state index in [0.717, 1.165) is 17.9 Å². The van der Waals surface area contributed by atoms with Crippen LogP contribution in [0.25, 0.3) is 0 Å². The lowest BCUT2D eigenvalue weighted by molar-refractivity contribution is -0.120. The summed E-state index contributed by atoms with van der Waals surface area (Å²) in [5, 5.41) is 3.63. The second-order valence-corrected chi connectivity index (χ2v) is 6.28. The maximum absolute atomic E-state index is 12.1. The van der Waals surface area contributed by atoms with E-state index in [1.54, 1.807) is 11.8 Å². The smallest absolute Gasteiger partial charge is 0.233 e. The number of nitrogens with zero attached hydrogens (tertiary/aromatic N) is 1. The molecule has 1 N–H and O–H groups in total. The van der Waals surface area contributed by atoms with Gasteiger partial charge in [-0.15, -0.1) is 11.8 Å². The van der Waals surface area contributed by atoms with Gasteiger partial charge in [0.1, 0.15) is 0 Å². The summed E-state index contributed by atoms with van der Waals surface area (Å²) in [4.78, 5) is 15.2. The number of hydrogen-bond acceptors (Lipinski definition) is 3. The minimum Gasteiger partial charge on any atom is -0.354 e. The van der Waals surface area contributed by atoms with Crippen LogP contribution in [0.3, 0.4) is 0 Å². The van der Waals surface area contributed by atoms with Gasteiger partial charge in [0.25, 0.3) is 0 Å². The fourth-order valence-electron chi connectivity index (χ4n) is 1.52. The lowest BCUT2D eigenvalue weighted by Gasteiger charge is -2.16. The Balaban J connectivity index is 2.48. The molecule has 1 rings (SSSR count). The second kappa shape index (κ2) is 8.46. The molecule has 0 fully saturated rings. The van der Waals surface area contributed by atoms with Crippen molar-refractivity contribution in [2.75, 3.05) is 27.2 Å². The largest absolute Gasteiger partial charge is 0.354 e. The SMILES string of the molecule is CC[C@@H](Sc1ccc(Cl)cc1)C(=O)NCCN(C)C. The molecule has 1 aromatic rings. The number of likely N-dealkylation sites (N-methyl/N-ethyl adjacent to an activating group) is 1. The molecule has 0 radical (unpaired) electrons. The summed E-state index contributed by atoms with van der Waals surface area (Å²) in [7, 11) is 3.98. The molecular formula is C14H21ClN2OS. The van der Waals surface area contributed by atoms with Gasteiger partial charge in [-0.05, 0) is 44.8 Å². The van der Waals surface area contributed by atoms with Crippen molar-refractivity contribution < 1.29 is 4.79 Å². The van der Waals surface area contributed by atoms with E-state index in [-0.39, 0.29) is 11.2 Å². The van der Waals surface area contributed by atoms with Crippen LogP contribution in [0.15, 0.2) is 29.2 Å². The zero-order chi connectivity index (χ0) is 14.3. The quantitative estimate of drug-likeness (QED) is 0.786. The third kappa shape index (κ3) is 6.32. The standard InChI is InChI=1S/C14H21ClN2OS/c1-4-13(14(18)16-9-10-17(2)3)19-12-7-5-11(15)6-8-12/h5-8,13H,4,9-10H2,1-3H3,(H,16,18)/t13-/m1/s1. The Morgan fingerprint density at radius 2 is 2.00 bits per heavy atom. The number of rotatable bonds is 7. The molecule has 0 aliphatic carbocycles. The summed E-state index contributed by atoms with van der Waals surface area (Å²) >= 11 is 7.43. The van der Waals surface area contributed by atoms with Gasteiger partial charge in [-0.2, -0.15) is 0 Å². The fraction of sp³-hybridized carbons (Fsp3) is 0.500. The molecule has 19 heavy (non-hydrogen) atoms. The van der Waals surface area contributed by atoms with E-state index in [2.05, 4.69) is 5.32 Å². The minimum atomic E-state index is -0.0525. The van der Waals surface area contributed by atoms with Crippen LogP contribution in [0.4, 0.5) is 0 Å². The Hall–Kier alpha value is -0.710. The fourth-order valence-corrected chi connectivity index (χ4v) is 2.62. The van der Waals surface area contributed by atoms with Crippen molar-refractivity contribution in [1.82, 2.24) is 10.2 Å². The molecule has 3 nitrogen and oxygen atoms in total. The second-order valence-electron chi connectivity index (χ2n) is 4.56. The molecule has 5 heteroatoms. The number of amides is 1. The average Bonchev–Trinajstić information content (AvgIpc) is 2.37. The summed E-state index contributed by atoms with van der Waals surface area (Å²) in [5.74, 6) is 0.101. The van der Waals surface area contributed by atoms with Gasteiger partial charge < -0.3 is 10.2 Å². The van der Waals surface area contributed by atoms with E-state index in [4.69, 9.17) is 11.6 Å². The van der Waals surface area contributed by atoms with Gasteiger partial charge in [-0.3, -0.25) is 4.79 Å². The number of hydrogen-bond donors (Lipinski definition) is 1. The van der Waals surface area contributed by atoms with Gasteiger partial charge in [0.15, 0.2) is 0 Å². The van der Waals surface area contributed by atoms with Gasteiger partial charge in [0.2, 0.25) is 5.91 Å². The molecule has 0 aromatic heterocycles. The zero-order valence-electron chi connectivity index (χ0n) is 11.6. The van der Waals surface area contributed by atoms with Crippen LogP contribution in [0, 0.1) is 0 Å². The van der Waals surface area contributed by atoms with Crippen LogP contribution >= 0.6 is 23.4 Å². The lowest BCUT2D eigenvalue weighted by Crippen LogP contribution is -2.36. The Labute approximate surface area is 124 Å². The number of carbonyl (C=O) groups excluding carboxylic acids is 1. The number of nitrogens with one attached hydrogen (secondary N) is 1. The molecule has 0 heterocycles. The van der Waals surface area contributed by atoms with Crippen LogP contribution in [0.5, 0.6) is 0 Å². The summed E-state index contributed by atoms with van der Waals surface area (Å²) in [6.45, 7) is 3.57. The third-order valence-electron chi connectivity index (χ3n) is 2.61. The summed E-state index contributed by atoms with van der Waals surface area (Å²) < 4.78 is 0. The molecule has 0 saturated heterocycles. The zero-order valence-corrected chi connectivity index (χ0v) is 13.2. The van der Waals surface area contributed by atoms with Gasteiger partial charge in [0.05, 0.1) is 5.25 Å². The van der Waals surface area contributed by atoms with E-state index in [9.17, 15) is 4.79 Å². The first-order valence-electron chi connectivity index (χ1n) is 6.37. The van der Waals surface area contributed by atoms with E-state index < -0.39 is 0 Å². The summed E-state index contributed by atoms with van der Waals surface area (Å²) in [6, 6.07) is 7.59. The molecule has 106 valence electrons. The first-order chi connectivity index (χ1) is 9.02. The van der Waals surface area contributed by atoms with Gasteiger partial charge in [-0.1, -0.05) is 18.5 Å². The molecule has 0 saturated carbocycles. The highest BCUT2D eigenvalue weighted by molar-refractivity contribution is 8.00. The topological polar surface area (TPSA) is 32.3 Å². The summed E-state index contributed by atoms with van der Waals surface area (Å²) in [5.41, 5.74) is 0.